The maximum absolute atomic E-state index is 14.2. The normalized spacial score (nSPS) is 18.0. The first-order valence-electron chi connectivity index (χ1n) is 10.9. The number of methoxy groups -OCH3 is 1. The van der Waals surface area contributed by atoms with Gasteiger partial charge in [0.25, 0.3) is 0 Å². The molecular formula is C26H25FO6. The summed E-state index contributed by atoms with van der Waals surface area (Å²) in [6, 6.07) is 16.3. The highest BCUT2D eigenvalue weighted by atomic mass is 19.1. The molecule has 0 unspecified atom stereocenters. The van der Waals surface area contributed by atoms with E-state index in [1.54, 1.807) is 0 Å². The van der Waals surface area contributed by atoms with Gasteiger partial charge in [-0.1, -0.05) is 42.5 Å². The Labute approximate surface area is 190 Å². The van der Waals surface area contributed by atoms with Crippen LogP contribution in [0.5, 0.6) is 11.5 Å². The Morgan fingerprint density at radius 3 is 2.48 bits per heavy atom. The van der Waals surface area contributed by atoms with Crippen LogP contribution in [0.3, 0.4) is 0 Å². The number of carboxylic acid groups (broad SMARTS) is 1. The largest absolute Gasteiger partial charge is 0.493 e. The smallest absolute Gasteiger partial charge is 0.339 e. The van der Waals surface area contributed by atoms with Crippen molar-refractivity contribution >= 4 is 22.7 Å². The molecule has 0 spiro atoms. The number of carbonyl (C=O) groups is 2. The first-order chi connectivity index (χ1) is 16.0. The minimum atomic E-state index is -1.30. The molecule has 1 N–H and O–H groups in total. The van der Waals surface area contributed by atoms with Crippen LogP contribution in [-0.4, -0.2) is 30.3 Å². The molecule has 0 amide bonds. The van der Waals surface area contributed by atoms with Gasteiger partial charge in [0.05, 0.1) is 19.1 Å². The highest BCUT2D eigenvalue weighted by molar-refractivity contribution is 5.91. The average molecular weight is 452 g/mol. The number of fused-ring (bicyclic) bond motifs is 1. The van der Waals surface area contributed by atoms with Crippen molar-refractivity contribution in [1.29, 1.82) is 0 Å². The number of carboxylic acids is 1. The van der Waals surface area contributed by atoms with Crippen LogP contribution >= 0.6 is 0 Å². The Bertz CT molecular complexity index is 1160. The predicted molar refractivity (Wildman–Crippen MR) is 120 cm³/mol. The van der Waals surface area contributed by atoms with Crippen molar-refractivity contribution in [2.75, 3.05) is 7.11 Å². The quantitative estimate of drug-likeness (QED) is 0.486. The number of halogens is 1. The van der Waals surface area contributed by atoms with E-state index in [2.05, 4.69) is 0 Å². The third-order valence-corrected chi connectivity index (χ3v) is 6.01. The molecule has 1 aliphatic rings. The number of ether oxygens (including phenoxy) is 3. The summed E-state index contributed by atoms with van der Waals surface area (Å²) in [5.74, 6) is -2.74. The second-order valence-corrected chi connectivity index (χ2v) is 8.13. The van der Waals surface area contributed by atoms with Gasteiger partial charge in [0.2, 0.25) is 0 Å². The molecule has 0 aromatic heterocycles. The fraction of sp³-hybridized carbons (Fsp3) is 0.308. The van der Waals surface area contributed by atoms with Gasteiger partial charge in [0.1, 0.15) is 17.9 Å². The maximum Gasteiger partial charge on any atom is 0.339 e. The lowest BCUT2D eigenvalue weighted by Gasteiger charge is -2.28. The topological polar surface area (TPSA) is 82.1 Å². The van der Waals surface area contributed by atoms with Crippen molar-refractivity contribution in [3.8, 4) is 11.5 Å². The minimum Gasteiger partial charge on any atom is -0.493 e. The van der Waals surface area contributed by atoms with E-state index in [0.717, 1.165) is 22.4 Å². The zero-order valence-corrected chi connectivity index (χ0v) is 18.3. The number of hydrogen-bond acceptors (Lipinski definition) is 5. The van der Waals surface area contributed by atoms with E-state index in [4.69, 9.17) is 14.2 Å². The molecule has 1 saturated carbocycles. The van der Waals surface area contributed by atoms with Gasteiger partial charge in [-0.05, 0) is 48.1 Å². The lowest BCUT2D eigenvalue weighted by atomic mass is 9.87. The lowest BCUT2D eigenvalue weighted by molar-refractivity contribution is -0.151. The predicted octanol–water partition coefficient (Wildman–Crippen LogP) is 5.37. The van der Waals surface area contributed by atoms with Gasteiger partial charge in [-0.3, -0.25) is 4.79 Å². The van der Waals surface area contributed by atoms with Crippen molar-refractivity contribution in [2.45, 2.75) is 38.4 Å². The van der Waals surface area contributed by atoms with Crippen LogP contribution in [0.25, 0.3) is 10.8 Å². The van der Waals surface area contributed by atoms with Gasteiger partial charge >= 0.3 is 11.9 Å². The molecule has 3 aromatic carbocycles. The van der Waals surface area contributed by atoms with Gasteiger partial charge in [0.15, 0.2) is 11.6 Å². The van der Waals surface area contributed by atoms with Crippen LogP contribution in [0.1, 0.15) is 41.6 Å². The van der Waals surface area contributed by atoms with Crippen molar-refractivity contribution < 1.29 is 33.3 Å². The molecule has 0 heterocycles. The maximum atomic E-state index is 14.2. The fourth-order valence-corrected chi connectivity index (χ4v) is 4.30. The van der Waals surface area contributed by atoms with Gasteiger partial charge in [-0.15, -0.1) is 0 Å². The van der Waals surface area contributed by atoms with Crippen molar-refractivity contribution in [3.63, 3.8) is 0 Å². The van der Waals surface area contributed by atoms with Crippen molar-refractivity contribution in [3.05, 3.63) is 71.5 Å². The second kappa shape index (κ2) is 9.90. The number of esters is 1. The number of aromatic carboxylic acids is 1. The van der Waals surface area contributed by atoms with Gasteiger partial charge in [-0.2, -0.15) is 0 Å². The fourth-order valence-electron chi connectivity index (χ4n) is 4.30. The summed E-state index contributed by atoms with van der Waals surface area (Å²) in [4.78, 5) is 24.0. The van der Waals surface area contributed by atoms with E-state index >= 15 is 0 Å². The van der Waals surface area contributed by atoms with E-state index in [1.165, 1.54) is 13.2 Å². The number of carbonyl (C=O) groups excluding carboxylic acids is 1. The third-order valence-electron chi connectivity index (χ3n) is 6.01. The van der Waals surface area contributed by atoms with Crippen molar-refractivity contribution in [1.82, 2.24) is 0 Å². The first-order valence-corrected chi connectivity index (χ1v) is 10.9. The zero-order chi connectivity index (χ0) is 23.4. The molecule has 3 aromatic rings. The molecule has 6 nitrogen and oxygen atoms in total. The summed E-state index contributed by atoms with van der Waals surface area (Å²) < 4.78 is 30.4. The molecule has 1 fully saturated rings. The summed E-state index contributed by atoms with van der Waals surface area (Å²) >= 11 is 0. The summed E-state index contributed by atoms with van der Waals surface area (Å²) in [5, 5.41) is 11.5. The molecule has 0 radical (unpaired) electrons. The van der Waals surface area contributed by atoms with Crippen molar-refractivity contribution in [2.24, 2.45) is 5.92 Å². The Morgan fingerprint density at radius 1 is 1.03 bits per heavy atom. The first kappa shape index (κ1) is 22.6. The van der Waals surface area contributed by atoms with Crippen LogP contribution < -0.4 is 9.47 Å². The van der Waals surface area contributed by atoms with Crippen LogP contribution in [0.4, 0.5) is 4.39 Å². The molecule has 33 heavy (non-hydrogen) atoms. The Balaban J connectivity index is 1.32. The molecule has 7 heteroatoms. The van der Waals surface area contributed by atoms with E-state index in [1.807, 2.05) is 42.5 Å². The second-order valence-electron chi connectivity index (χ2n) is 8.13. The molecule has 172 valence electrons. The number of hydrogen-bond donors (Lipinski definition) is 1. The molecule has 0 atom stereocenters. The molecule has 0 bridgehead atoms. The molecule has 0 saturated heterocycles. The number of rotatable bonds is 7. The Kier molecular flexibility index (Phi) is 6.77. The van der Waals surface area contributed by atoms with E-state index in [0.29, 0.717) is 25.7 Å². The van der Waals surface area contributed by atoms with E-state index in [-0.39, 0.29) is 41.7 Å². The van der Waals surface area contributed by atoms with Crippen LogP contribution in [0.2, 0.25) is 0 Å². The Hall–Kier alpha value is -3.61. The summed E-state index contributed by atoms with van der Waals surface area (Å²) in [5.41, 5.74) is 0.674. The summed E-state index contributed by atoms with van der Waals surface area (Å²) in [6.07, 6.45) is 2.11. The Morgan fingerprint density at radius 2 is 1.76 bits per heavy atom. The molecule has 4 rings (SSSR count). The number of benzene rings is 3. The monoisotopic (exact) mass is 452 g/mol. The van der Waals surface area contributed by atoms with Gasteiger partial charge in [0, 0.05) is 6.07 Å². The highest BCUT2D eigenvalue weighted by Crippen LogP contribution is 2.32. The standard InChI is InChI=1S/C26H25FO6/c1-31-24-22(25(28)29)13-20(14-23(24)27)33-19-11-9-17(10-12-19)26(30)32-15-18-7-4-6-16-5-2-3-8-21(16)18/h2-8,13-14,17,19H,9-12,15H2,1H3,(H,28,29). The van der Waals surface area contributed by atoms with Gasteiger partial charge in [-0.25, -0.2) is 9.18 Å². The molecule has 0 aliphatic heterocycles. The molecular weight excluding hydrogens is 427 g/mol. The van der Waals surface area contributed by atoms with Crippen LogP contribution in [-0.2, 0) is 16.1 Å². The van der Waals surface area contributed by atoms with E-state index < -0.39 is 11.8 Å². The zero-order valence-electron chi connectivity index (χ0n) is 18.3. The highest BCUT2D eigenvalue weighted by Gasteiger charge is 2.29. The van der Waals surface area contributed by atoms with Gasteiger partial charge < -0.3 is 19.3 Å². The third kappa shape index (κ3) is 5.08. The minimum absolute atomic E-state index is 0.132. The average Bonchev–Trinajstić information content (AvgIpc) is 2.82. The SMILES string of the molecule is COc1c(F)cc(OC2CCC(C(=O)OCc3cccc4ccccc34)CC2)cc1C(=O)O. The van der Waals surface area contributed by atoms with Crippen LogP contribution in [0.15, 0.2) is 54.6 Å². The van der Waals surface area contributed by atoms with Crippen LogP contribution in [0, 0.1) is 11.7 Å². The summed E-state index contributed by atoms with van der Waals surface area (Å²) in [6.45, 7) is 0.222. The molecule has 1 aliphatic carbocycles. The lowest BCUT2D eigenvalue weighted by Crippen LogP contribution is -2.29. The summed E-state index contributed by atoms with van der Waals surface area (Å²) in [7, 11) is 1.21. The van der Waals surface area contributed by atoms with E-state index in [9.17, 15) is 19.1 Å².